The first-order chi connectivity index (χ1) is 9.20. The molecule has 0 saturated heterocycles. The third-order valence-electron chi connectivity index (χ3n) is 2.59. The average Bonchev–Trinajstić information content (AvgIpc) is 2.88. The van der Waals surface area contributed by atoms with Gasteiger partial charge in [-0.2, -0.15) is 0 Å². The number of pyridine rings is 1. The third kappa shape index (κ3) is 3.32. The number of hydrogen-bond acceptors (Lipinski definition) is 5. The van der Waals surface area contributed by atoms with Crippen LogP contribution in [0.4, 0.5) is 0 Å². The van der Waals surface area contributed by atoms with Crippen molar-refractivity contribution in [1.29, 1.82) is 0 Å². The molecule has 0 unspecified atom stereocenters. The maximum atomic E-state index is 10.8. The Morgan fingerprint density at radius 3 is 2.89 bits per heavy atom. The van der Waals surface area contributed by atoms with E-state index in [1.165, 1.54) is 6.26 Å². The van der Waals surface area contributed by atoms with E-state index < -0.39 is 5.97 Å². The molecule has 19 heavy (non-hydrogen) atoms. The molecule has 0 aliphatic carbocycles. The summed E-state index contributed by atoms with van der Waals surface area (Å²) in [5.41, 5.74) is 1.61. The normalized spacial score (nSPS) is 10.4. The lowest BCUT2D eigenvalue weighted by atomic mass is 10.2. The Morgan fingerprint density at radius 2 is 2.26 bits per heavy atom. The standard InChI is InChI=1S/C13H14N2O4/c1-18-11-3-2-9(7-15-11)6-14-8-10-4-5-19-12(10)13(16)17/h2-5,7,14H,6,8H2,1H3,(H,16,17). The number of rotatable bonds is 6. The topological polar surface area (TPSA) is 84.6 Å². The summed E-state index contributed by atoms with van der Waals surface area (Å²) in [6.45, 7) is 1.01. The zero-order valence-electron chi connectivity index (χ0n) is 10.4. The SMILES string of the molecule is COc1ccc(CNCc2ccoc2C(=O)O)cn1. The van der Waals surface area contributed by atoms with Crippen molar-refractivity contribution < 1.29 is 19.1 Å². The van der Waals surface area contributed by atoms with E-state index in [-0.39, 0.29) is 5.76 Å². The number of nitrogens with zero attached hydrogens (tertiary/aromatic N) is 1. The van der Waals surface area contributed by atoms with Crippen LogP contribution in [0.3, 0.4) is 0 Å². The minimum Gasteiger partial charge on any atom is -0.481 e. The van der Waals surface area contributed by atoms with Crippen molar-refractivity contribution in [2.24, 2.45) is 0 Å². The van der Waals surface area contributed by atoms with E-state index in [0.717, 1.165) is 5.56 Å². The summed E-state index contributed by atoms with van der Waals surface area (Å²) in [5.74, 6) is -0.528. The lowest BCUT2D eigenvalue weighted by Gasteiger charge is -2.04. The Hall–Kier alpha value is -2.34. The van der Waals surface area contributed by atoms with Crippen molar-refractivity contribution in [2.45, 2.75) is 13.1 Å². The first-order valence-corrected chi connectivity index (χ1v) is 5.70. The van der Waals surface area contributed by atoms with Gasteiger partial charge in [0.05, 0.1) is 13.4 Å². The fourth-order valence-corrected chi connectivity index (χ4v) is 1.64. The van der Waals surface area contributed by atoms with Crippen LogP contribution in [0.15, 0.2) is 35.1 Å². The highest BCUT2D eigenvalue weighted by atomic mass is 16.5. The van der Waals surface area contributed by atoms with Gasteiger partial charge in [-0.15, -0.1) is 0 Å². The number of aromatic carboxylic acids is 1. The van der Waals surface area contributed by atoms with Crippen LogP contribution in [-0.4, -0.2) is 23.2 Å². The van der Waals surface area contributed by atoms with Gasteiger partial charge in [0.25, 0.3) is 0 Å². The Labute approximate surface area is 110 Å². The third-order valence-corrected chi connectivity index (χ3v) is 2.59. The van der Waals surface area contributed by atoms with Gasteiger partial charge in [-0.25, -0.2) is 9.78 Å². The number of ether oxygens (including phenoxy) is 1. The van der Waals surface area contributed by atoms with Crippen molar-refractivity contribution in [3.63, 3.8) is 0 Å². The number of carboxylic acid groups (broad SMARTS) is 1. The molecule has 0 radical (unpaired) electrons. The van der Waals surface area contributed by atoms with E-state index in [1.54, 1.807) is 25.4 Å². The molecule has 6 nitrogen and oxygen atoms in total. The van der Waals surface area contributed by atoms with Crippen LogP contribution in [0.5, 0.6) is 5.88 Å². The largest absolute Gasteiger partial charge is 0.481 e. The average molecular weight is 262 g/mol. The minimum atomic E-state index is -1.06. The Balaban J connectivity index is 1.89. The van der Waals surface area contributed by atoms with E-state index >= 15 is 0 Å². The predicted molar refractivity (Wildman–Crippen MR) is 67.0 cm³/mol. The van der Waals surface area contributed by atoms with Gasteiger partial charge >= 0.3 is 5.97 Å². The fraction of sp³-hybridized carbons (Fsp3) is 0.231. The second-order valence-corrected chi connectivity index (χ2v) is 3.89. The van der Waals surface area contributed by atoms with Gasteiger partial charge in [0.15, 0.2) is 0 Å². The number of carbonyl (C=O) groups is 1. The predicted octanol–water partition coefficient (Wildman–Crippen LogP) is 1.67. The number of hydrogen-bond donors (Lipinski definition) is 2. The summed E-state index contributed by atoms with van der Waals surface area (Å²) >= 11 is 0. The maximum absolute atomic E-state index is 10.8. The molecule has 0 aliphatic rings. The molecular formula is C13H14N2O4. The zero-order chi connectivity index (χ0) is 13.7. The number of aromatic nitrogens is 1. The molecule has 0 aromatic carbocycles. The molecule has 2 heterocycles. The summed E-state index contributed by atoms with van der Waals surface area (Å²) < 4.78 is 9.86. The van der Waals surface area contributed by atoms with Gasteiger partial charge in [-0.1, -0.05) is 6.07 Å². The minimum absolute atomic E-state index is 0.0274. The van der Waals surface area contributed by atoms with Gasteiger partial charge < -0.3 is 19.6 Å². The van der Waals surface area contributed by atoms with E-state index in [4.69, 9.17) is 14.3 Å². The van der Waals surface area contributed by atoms with Crippen LogP contribution < -0.4 is 10.1 Å². The summed E-state index contributed by atoms with van der Waals surface area (Å²) in [6.07, 6.45) is 3.08. The van der Waals surface area contributed by atoms with Crippen LogP contribution in [-0.2, 0) is 13.1 Å². The molecule has 2 N–H and O–H groups in total. The van der Waals surface area contributed by atoms with E-state index in [0.29, 0.717) is 24.5 Å². The van der Waals surface area contributed by atoms with E-state index in [9.17, 15) is 4.79 Å². The molecule has 6 heteroatoms. The number of furan rings is 1. The highest BCUT2D eigenvalue weighted by Crippen LogP contribution is 2.11. The summed E-state index contributed by atoms with van der Waals surface area (Å²) in [6, 6.07) is 5.31. The quantitative estimate of drug-likeness (QED) is 0.823. The van der Waals surface area contributed by atoms with E-state index in [1.807, 2.05) is 6.07 Å². The molecular weight excluding hydrogens is 248 g/mol. The molecule has 0 fully saturated rings. The van der Waals surface area contributed by atoms with E-state index in [2.05, 4.69) is 10.3 Å². The first-order valence-electron chi connectivity index (χ1n) is 5.70. The molecule has 2 aromatic heterocycles. The highest BCUT2D eigenvalue weighted by molar-refractivity contribution is 5.86. The molecule has 0 saturated carbocycles. The van der Waals surface area contributed by atoms with Gasteiger partial charge in [-0.05, 0) is 11.6 Å². The van der Waals surface area contributed by atoms with Crippen LogP contribution in [0.2, 0.25) is 0 Å². The van der Waals surface area contributed by atoms with Gasteiger partial charge in [0.1, 0.15) is 0 Å². The van der Waals surface area contributed by atoms with Crippen LogP contribution in [0.1, 0.15) is 21.7 Å². The van der Waals surface area contributed by atoms with Gasteiger partial charge in [0, 0.05) is 30.9 Å². The Morgan fingerprint density at radius 1 is 1.42 bits per heavy atom. The van der Waals surface area contributed by atoms with Crippen LogP contribution in [0.25, 0.3) is 0 Å². The molecule has 2 rings (SSSR count). The van der Waals surface area contributed by atoms with Crippen LogP contribution >= 0.6 is 0 Å². The van der Waals surface area contributed by atoms with Gasteiger partial charge in [0.2, 0.25) is 11.6 Å². The summed E-state index contributed by atoms with van der Waals surface area (Å²) in [4.78, 5) is 14.9. The monoisotopic (exact) mass is 262 g/mol. The Kier molecular flexibility index (Phi) is 4.15. The molecule has 0 aliphatic heterocycles. The molecule has 0 spiro atoms. The second kappa shape index (κ2) is 6.01. The molecule has 2 aromatic rings. The maximum Gasteiger partial charge on any atom is 0.372 e. The summed E-state index contributed by atoms with van der Waals surface area (Å²) in [5, 5.41) is 12.0. The lowest BCUT2D eigenvalue weighted by Crippen LogP contribution is -2.14. The van der Waals surface area contributed by atoms with Gasteiger partial charge in [-0.3, -0.25) is 0 Å². The van der Waals surface area contributed by atoms with Crippen molar-refractivity contribution in [3.8, 4) is 5.88 Å². The van der Waals surface area contributed by atoms with Crippen LogP contribution in [0, 0.1) is 0 Å². The molecule has 0 atom stereocenters. The Bertz CT molecular complexity index is 548. The van der Waals surface area contributed by atoms with Crippen molar-refractivity contribution in [1.82, 2.24) is 10.3 Å². The number of nitrogens with one attached hydrogen (secondary N) is 1. The first kappa shape index (κ1) is 13.1. The molecule has 0 amide bonds. The summed E-state index contributed by atoms with van der Waals surface area (Å²) in [7, 11) is 1.56. The lowest BCUT2D eigenvalue weighted by molar-refractivity contribution is 0.0660. The zero-order valence-corrected chi connectivity index (χ0v) is 10.4. The highest BCUT2D eigenvalue weighted by Gasteiger charge is 2.12. The molecule has 100 valence electrons. The number of carboxylic acids is 1. The smallest absolute Gasteiger partial charge is 0.372 e. The number of methoxy groups -OCH3 is 1. The van der Waals surface area contributed by atoms with Crippen molar-refractivity contribution in [2.75, 3.05) is 7.11 Å². The molecule has 0 bridgehead atoms. The van der Waals surface area contributed by atoms with Crippen molar-refractivity contribution >= 4 is 5.97 Å². The fourth-order valence-electron chi connectivity index (χ4n) is 1.64. The van der Waals surface area contributed by atoms with Crippen molar-refractivity contribution in [3.05, 3.63) is 47.5 Å². The second-order valence-electron chi connectivity index (χ2n) is 3.89.